The number of fused-ring (bicyclic) bond motifs is 1. The van der Waals surface area contributed by atoms with E-state index >= 15 is 0 Å². The molecule has 1 aliphatic rings. The summed E-state index contributed by atoms with van der Waals surface area (Å²) in [6.07, 6.45) is 8.41. The van der Waals surface area contributed by atoms with E-state index in [2.05, 4.69) is 25.3 Å². The topological polar surface area (TPSA) is 110 Å². The van der Waals surface area contributed by atoms with Crippen molar-refractivity contribution in [1.82, 2.24) is 14.5 Å². The van der Waals surface area contributed by atoms with Crippen molar-refractivity contribution in [1.29, 1.82) is 5.26 Å². The molecule has 35 heavy (non-hydrogen) atoms. The van der Waals surface area contributed by atoms with Crippen molar-refractivity contribution in [2.75, 3.05) is 10.5 Å². The Hall–Kier alpha value is -3.90. The van der Waals surface area contributed by atoms with Crippen LogP contribution >= 0.6 is 0 Å². The zero-order valence-corrected chi connectivity index (χ0v) is 20.1. The molecule has 0 atom stereocenters. The Bertz CT molecular complexity index is 1500. The predicted molar refractivity (Wildman–Crippen MR) is 135 cm³/mol. The van der Waals surface area contributed by atoms with Gasteiger partial charge in [-0.3, -0.25) is 4.72 Å². The van der Waals surface area contributed by atoms with Gasteiger partial charge < -0.3 is 9.30 Å². The average molecular weight is 488 g/mol. The van der Waals surface area contributed by atoms with E-state index in [-0.39, 0.29) is 11.8 Å². The number of hydrogen-bond acceptors (Lipinski definition) is 6. The van der Waals surface area contributed by atoms with Gasteiger partial charge in [-0.15, -0.1) is 0 Å². The molecule has 9 heteroatoms. The van der Waals surface area contributed by atoms with Crippen molar-refractivity contribution in [2.24, 2.45) is 0 Å². The second-order valence-corrected chi connectivity index (χ2v) is 10.5. The standard InChI is InChI=1S/C26H25N5O3S/c1-2-12-35(32,33)30-19-8-6-18(7-9-19)26-24(14-27)23-11-10-21(34-22-15-28-17-29-16-22)13-25(23)31(26)20-4-3-5-20/h6-11,13,15-17,20,30H,2-5,12H2,1H3. The molecule has 2 heterocycles. The Morgan fingerprint density at radius 1 is 1.11 bits per heavy atom. The molecule has 2 aromatic carbocycles. The minimum absolute atomic E-state index is 0.0722. The van der Waals surface area contributed by atoms with E-state index in [4.69, 9.17) is 4.74 Å². The van der Waals surface area contributed by atoms with Gasteiger partial charge in [-0.1, -0.05) is 19.1 Å². The number of benzene rings is 2. The first-order valence-corrected chi connectivity index (χ1v) is 13.3. The minimum Gasteiger partial charge on any atom is -0.454 e. The Kier molecular flexibility index (Phi) is 6.14. The molecule has 5 rings (SSSR count). The zero-order chi connectivity index (χ0) is 24.4. The highest BCUT2D eigenvalue weighted by atomic mass is 32.2. The second-order valence-electron chi connectivity index (χ2n) is 8.64. The molecule has 1 saturated carbocycles. The predicted octanol–water partition coefficient (Wildman–Crippen LogP) is 5.64. The molecule has 1 aliphatic carbocycles. The van der Waals surface area contributed by atoms with Crippen LogP contribution in [0.4, 0.5) is 5.69 Å². The van der Waals surface area contributed by atoms with Gasteiger partial charge in [-0.25, -0.2) is 18.4 Å². The van der Waals surface area contributed by atoms with E-state index < -0.39 is 10.0 Å². The summed E-state index contributed by atoms with van der Waals surface area (Å²) in [5.41, 5.74) is 3.74. The number of nitrogens with zero attached hydrogens (tertiary/aromatic N) is 4. The normalized spacial score (nSPS) is 13.8. The van der Waals surface area contributed by atoms with Crippen LogP contribution in [-0.2, 0) is 10.0 Å². The molecule has 1 fully saturated rings. The van der Waals surface area contributed by atoms with Crippen LogP contribution in [0.25, 0.3) is 22.2 Å². The fraction of sp³-hybridized carbons (Fsp3) is 0.269. The fourth-order valence-electron chi connectivity index (χ4n) is 4.44. The van der Waals surface area contributed by atoms with Crippen molar-refractivity contribution in [3.05, 3.63) is 66.7 Å². The van der Waals surface area contributed by atoms with Crippen LogP contribution in [0.15, 0.2) is 61.2 Å². The number of hydrogen-bond donors (Lipinski definition) is 1. The minimum atomic E-state index is -3.37. The highest BCUT2D eigenvalue weighted by molar-refractivity contribution is 7.92. The fourth-order valence-corrected chi connectivity index (χ4v) is 5.58. The highest BCUT2D eigenvalue weighted by Gasteiger charge is 2.28. The summed E-state index contributed by atoms with van der Waals surface area (Å²) in [5.74, 6) is 1.25. The maximum absolute atomic E-state index is 12.1. The van der Waals surface area contributed by atoms with Crippen molar-refractivity contribution < 1.29 is 13.2 Å². The van der Waals surface area contributed by atoms with Crippen molar-refractivity contribution in [3.63, 3.8) is 0 Å². The van der Waals surface area contributed by atoms with Gasteiger partial charge in [0.2, 0.25) is 10.0 Å². The first kappa shape index (κ1) is 22.9. The molecular formula is C26H25N5O3S. The van der Waals surface area contributed by atoms with Gasteiger partial charge in [-0.05, 0) is 55.5 Å². The van der Waals surface area contributed by atoms with Crippen molar-refractivity contribution >= 4 is 26.6 Å². The van der Waals surface area contributed by atoms with Gasteiger partial charge in [-0.2, -0.15) is 5.26 Å². The first-order valence-electron chi connectivity index (χ1n) is 11.6. The highest BCUT2D eigenvalue weighted by Crippen LogP contribution is 2.43. The number of anilines is 1. The Labute approximate surface area is 204 Å². The number of sulfonamides is 1. The van der Waals surface area contributed by atoms with Gasteiger partial charge in [0.05, 0.1) is 34.9 Å². The SMILES string of the molecule is CCCS(=O)(=O)Nc1ccc(-c2c(C#N)c3ccc(Oc4cncnc4)cc3n2C2CCC2)cc1. The molecule has 178 valence electrons. The third kappa shape index (κ3) is 4.57. The summed E-state index contributed by atoms with van der Waals surface area (Å²) in [7, 11) is -3.37. The van der Waals surface area contributed by atoms with Crippen LogP contribution in [0.3, 0.4) is 0 Å². The van der Waals surface area contributed by atoms with E-state index in [1.54, 1.807) is 24.5 Å². The third-order valence-corrected chi connectivity index (χ3v) is 7.70. The van der Waals surface area contributed by atoms with Gasteiger partial charge in [0, 0.05) is 23.2 Å². The van der Waals surface area contributed by atoms with Crippen LogP contribution in [0, 0.1) is 11.3 Å². The van der Waals surface area contributed by atoms with Crippen LogP contribution < -0.4 is 9.46 Å². The smallest absolute Gasteiger partial charge is 0.232 e. The number of aromatic nitrogens is 3. The van der Waals surface area contributed by atoms with Gasteiger partial charge in [0.15, 0.2) is 5.75 Å². The van der Waals surface area contributed by atoms with E-state index in [0.717, 1.165) is 41.4 Å². The second kappa shape index (κ2) is 9.39. The van der Waals surface area contributed by atoms with Crippen molar-refractivity contribution in [3.8, 4) is 28.8 Å². The lowest BCUT2D eigenvalue weighted by molar-refractivity contribution is 0.324. The summed E-state index contributed by atoms with van der Waals surface area (Å²) in [6.45, 7) is 1.83. The maximum Gasteiger partial charge on any atom is 0.232 e. The molecule has 8 nitrogen and oxygen atoms in total. The van der Waals surface area contributed by atoms with E-state index in [1.165, 1.54) is 6.33 Å². The number of rotatable bonds is 8. The summed E-state index contributed by atoms with van der Waals surface area (Å²) in [4.78, 5) is 7.99. The maximum atomic E-state index is 12.1. The van der Waals surface area contributed by atoms with Crippen LogP contribution in [0.2, 0.25) is 0 Å². The zero-order valence-electron chi connectivity index (χ0n) is 19.3. The molecule has 0 amide bonds. The molecule has 0 bridgehead atoms. The molecule has 1 N–H and O–H groups in total. The third-order valence-electron chi connectivity index (χ3n) is 6.20. The molecule has 0 unspecified atom stereocenters. The van der Waals surface area contributed by atoms with Gasteiger partial charge >= 0.3 is 0 Å². The molecule has 0 spiro atoms. The number of ether oxygens (including phenoxy) is 1. The quantitative estimate of drug-likeness (QED) is 0.344. The van der Waals surface area contributed by atoms with E-state index in [1.807, 2.05) is 37.3 Å². The lowest BCUT2D eigenvalue weighted by Crippen LogP contribution is -2.18. The Balaban J connectivity index is 1.58. The van der Waals surface area contributed by atoms with Crippen LogP contribution in [-0.4, -0.2) is 28.7 Å². The van der Waals surface area contributed by atoms with Crippen LogP contribution in [0.1, 0.15) is 44.2 Å². The monoisotopic (exact) mass is 487 g/mol. The Morgan fingerprint density at radius 3 is 2.49 bits per heavy atom. The summed E-state index contributed by atoms with van der Waals surface area (Å²) >= 11 is 0. The summed E-state index contributed by atoms with van der Waals surface area (Å²) in [5, 5.41) is 11.0. The molecule has 0 saturated heterocycles. The number of nitrogens with one attached hydrogen (secondary N) is 1. The van der Waals surface area contributed by atoms with Crippen LogP contribution in [0.5, 0.6) is 11.5 Å². The molecular weight excluding hydrogens is 462 g/mol. The molecule has 2 aromatic heterocycles. The molecule has 4 aromatic rings. The largest absolute Gasteiger partial charge is 0.454 e. The van der Waals surface area contributed by atoms with E-state index in [0.29, 0.717) is 29.2 Å². The Morgan fingerprint density at radius 2 is 1.86 bits per heavy atom. The number of nitriles is 1. The average Bonchev–Trinajstić information content (AvgIpc) is 3.12. The summed E-state index contributed by atoms with van der Waals surface area (Å²) in [6, 6.07) is 15.6. The van der Waals surface area contributed by atoms with Gasteiger partial charge in [0.1, 0.15) is 18.1 Å². The molecule has 0 radical (unpaired) electrons. The summed E-state index contributed by atoms with van der Waals surface area (Å²) < 4.78 is 35.1. The lowest BCUT2D eigenvalue weighted by atomic mass is 9.92. The van der Waals surface area contributed by atoms with E-state index in [9.17, 15) is 13.7 Å². The van der Waals surface area contributed by atoms with Gasteiger partial charge in [0.25, 0.3) is 0 Å². The molecule has 0 aliphatic heterocycles. The lowest BCUT2D eigenvalue weighted by Gasteiger charge is -2.30. The first-order chi connectivity index (χ1) is 17.0. The van der Waals surface area contributed by atoms with Crippen molar-refractivity contribution in [2.45, 2.75) is 38.6 Å².